The smallest absolute Gasteiger partial charge is 0.248 e. The van der Waals surface area contributed by atoms with Crippen LogP contribution in [-0.4, -0.2) is 50.2 Å². The average molecular weight is 291 g/mol. The van der Waals surface area contributed by atoms with Gasteiger partial charge in [0.2, 0.25) is 5.91 Å². The highest BCUT2D eigenvalue weighted by Crippen LogP contribution is 2.12. The van der Waals surface area contributed by atoms with E-state index in [-0.39, 0.29) is 5.91 Å². The molecule has 0 radical (unpaired) electrons. The summed E-state index contributed by atoms with van der Waals surface area (Å²) in [5.74, 6) is -0.377. The van der Waals surface area contributed by atoms with Crippen LogP contribution in [0.15, 0.2) is 24.3 Å². The van der Waals surface area contributed by atoms with Gasteiger partial charge in [-0.1, -0.05) is 12.1 Å². The molecule has 1 aromatic rings. The first kappa shape index (κ1) is 15.9. The van der Waals surface area contributed by atoms with Gasteiger partial charge in [0, 0.05) is 38.3 Å². The second-order valence-corrected chi connectivity index (χ2v) is 5.59. The molecule has 1 fully saturated rings. The van der Waals surface area contributed by atoms with Crippen molar-refractivity contribution in [3.05, 3.63) is 35.4 Å². The Balaban J connectivity index is 1.98. The Kier molecular flexibility index (Phi) is 6.17. The summed E-state index contributed by atoms with van der Waals surface area (Å²) in [6, 6.07) is 8.11. The molecule has 3 N–H and O–H groups in total. The Morgan fingerprint density at radius 3 is 3.05 bits per heavy atom. The molecule has 1 atom stereocenters. The second-order valence-electron chi connectivity index (χ2n) is 5.59. The van der Waals surface area contributed by atoms with Crippen LogP contribution in [0.1, 0.15) is 28.8 Å². The van der Waals surface area contributed by atoms with Gasteiger partial charge in [-0.3, -0.25) is 9.69 Å². The van der Waals surface area contributed by atoms with Gasteiger partial charge in [0.1, 0.15) is 0 Å². The van der Waals surface area contributed by atoms with Crippen molar-refractivity contribution in [3.8, 4) is 0 Å². The molecule has 1 unspecified atom stereocenters. The lowest BCUT2D eigenvalue weighted by molar-refractivity contribution is 0.1000. The van der Waals surface area contributed by atoms with E-state index < -0.39 is 0 Å². The van der Waals surface area contributed by atoms with Crippen molar-refractivity contribution in [1.29, 1.82) is 0 Å². The van der Waals surface area contributed by atoms with Gasteiger partial charge in [0.05, 0.1) is 6.61 Å². The number of hydrogen-bond donors (Lipinski definition) is 2. The maximum atomic E-state index is 11.3. The Labute approximate surface area is 126 Å². The van der Waals surface area contributed by atoms with Gasteiger partial charge < -0.3 is 15.8 Å². The highest BCUT2D eigenvalue weighted by Gasteiger charge is 2.18. The summed E-state index contributed by atoms with van der Waals surface area (Å²) >= 11 is 0. The van der Waals surface area contributed by atoms with Crippen molar-refractivity contribution in [1.82, 2.24) is 10.2 Å². The third-order valence-electron chi connectivity index (χ3n) is 3.87. The number of methoxy groups -OCH3 is 1. The van der Waals surface area contributed by atoms with Crippen LogP contribution in [0.2, 0.25) is 0 Å². The molecular weight excluding hydrogens is 266 g/mol. The number of carbonyl (C=O) groups excluding carboxylic acids is 1. The van der Waals surface area contributed by atoms with Crippen molar-refractivity contribution in [3.63, 3.8) is 0 Å². The van der Waals surface area contributed by atoms with Gasteiger partial charge >= 0.3 is 0 Å². The zero-order chi connectivity index (χ0) is 15.1. The van der Waals surface area contributed by atoms with Crippen molar-refractivity contribution >= 4 is 5.91 Å². The lowest BCUT2D eigenvalue weighted by Gasteiger charge is -2.25. The first-order valence-corrected chi connectivity index (χ1v) is 7.52. The van der Waals surface area contributed by atoms with Crippen LogP contribution in [0, 0.1) is 0 Å². The molecule has 2 rings (SSSR count). The fourth-order valence-electron chi connectivity index (χ4n) is 2.76. The number of ether oxygens (including phenoxy) is 1. The summed E-state index contributed by atoms with van der Waals surface area (Å²) in [4.78, 5) is 13.6. The molecule has 1 heterocycles. The summed E-state index contributed by atoms with van der Waals surface area (Å²) in [6.45, 7) is 4.52. The van der Waals surface area contributed by atoms with E-state index in [0.717, 1.165) is 31.7 Å². The number of rotatable bonds is 8. The van der Waals surface area contributed by atoms with E-state index in [1.54, 1.807) is 13.2 Å². The summed E-state index contributed by atoms with van der Waals surface area (Å²) < 4.78 is 5.20. The van der Waals surface area contributed by atoms with E-state index in [9.17, 15) is 4.79 Å². The van der Waals surface area contributed by atoms with Crippen molar-refractivity contribution < 1.29 is 9.53 Å². The predicted octanol–water partition coefficient (Wildman–Crippen LogP) is 0.986. The number of nitrogens with two attached hydrogens (primary N) is 1. The monoisotopic (exact) mass is 291 g/mol. The van der Waals surface area contributed by atoms with E-state index in [4.69, 9.17) is 10.5 Å². The molecule has 0 spiro atoms. The van der Waals surface area contributed by atoms with Gasteiger partial charge in [0.15, 0.2) is 0 Å². The van der Waals surface area contributed by atoms with Gasteiger partial charge in [-0.05, 0) is 37.1 Å². The lowest BCUT2D eigenvalue weighted by Crippen LogP contribution is -2.38. The molecule has 1 aliphatic heterocycles. The minimum atomic E-state index is -0.377. The molecule has 0 saturated carbocycles. The molecule has 1 amide bonds. The predicted molar refractivity (Wildman–Crippen MR) is 83.1 cm³/mol. The van der Waals surface area contributed by atoms with E-state index in [0.29, 0.717) is 18.2 Å². The molecule has 116 valence electrons. The number of amides is 1. The Hall–Kier alpha value is -1.43. The third kappa shape index (κ3) is 5.12. The van der Waals surface area contributed by atoms with Crippen molar-refractivity contribution in [2.75, 3.05) is 33.4 Å². The summed E-state index contributed by atoms with van der Waals surface area (Å²) in [5.41, 5.74) is 7.02. The zero-order valence-electron chi connectivity index (χ0n) is 12.7. The highest BCUT2D eigenvalue weighted by molar-refractivity contribution is 5.92. The Bertz CT molecular complexity index is 459. The molecule has 1 saturated heterocycles. The number of hydrogen-bond acceptors (Lipinski definition) is 4. The van der Waals surface area contributed by atoms with Crippen molar-refractivity contribution in [2.24, 2.45) is 5.73 Å². The molecule has 21 heavy (non-hydrogen) atoms. The number of nitrogens with one attached hydrogen (secondary N) is 1. The molecule has 0 bridgehead atoms. The number of benzene rings is 1. The van der Waals surface area contributed by atoms with E-state index in [1.807, 2.05) is 18.2 Å². The van der Waals surface area contributed by atoms with Crippen LogP contribution >= 0.6 is 0 Å². The van der Waals surface area contributed by atoms with Crippen LogP contribution in [0.4, 0.5) is 0 Å². The molecule has 0 aliphatic carbocycles. The summed E-state index contributed by atoms with van der Waals surface area (Å²) in [5, 5.41) is 3.52. The largest absolute Gasteiger partial charge is 0.383 e. The zero-order valence-corrected chi connectivity index (χ0v) is 12.7. The average Bonchev–Trinajstić information content (AvgIpc) is 2.98. The number of nitrogens with zero attached hydrogens (tertiary/aromatic N) is 1. The minimum Gasteiger partial charge on any atom is -0.383 e. The minimum absolute atomic E-state index is 0.377. The van der Waals surface area contributed by atoms with Gasteiger partial charge in [-0.2, -0.15) is 0 Å². The standard InChI is InChI=1S/C16H25N3O2/c1-21-9-8-19(12-15-6-3-7-18-15)11-13-4-2-5-14(10-13)16(17)20/h2,4-5,10,15,18H,3,6-9,11-12H2,1H3,(H2,17,20). The molecule has 5 heteroatoms. The lowest BCUT2D eigenvalue weighted by atomic mass is 10.1. The fraction of sp³-hybridized carbons (Fsp3) is 0.562. The topological polar surface area (TPSA) is 67.6 Å². The molecule has 0 aromatic heterocycles. The summed E-state index contributed by atoms with van der Waals surface area (Å²) in [6.07, 6.45) is 2.48. The van der Waals surface area contributed by atoms with Crippen LogP contribution in [0.5, 0.6) is 0 Å². The van der Waals surface area contributed by atoms with Gasteiger partial charge in [0.25, 0.3) is 0 Å². The van der Waals surface area contributed by atoms with Crippen LogP contribution in [0.3, 0.4) is 0 Å². The van der Waals surface area contributed by atoms with Gasteiger partial charge in [-0.25, -0.2) is 0 Å². The fourth-order valence-corrected chi connectivity index (χ4v) is 2.76. The SMILES string of the molecule is COCCN(Cc1cccc(C(N)=O)c1)CC1CCCN1. The first-order valence-electron chi connectivity index (χ1n) is 7.52. The van der Waals surface area contributed by atoms with Crippen molar-refractivity contribution in [2.45, 2.75) is 25.4 Å². The van der Waals surface area contributed by atoms with E-state index >= 15 is 0 Å². The molecule has 1 aromatic carbocycles. The maximum Gasteiger partial charge on any atom is 0.248 e. The van der Waals surface area contributed by atoms with Gasteiger partial charge in [-0.15, -0.1) is 0 Å². The second kappa shape index (κ2) is 8.12. The number of carbonyl (C=O) groups is 1. The third-order valence-corrected chi connectivity index (χ3v) is 3.87. The van der Waals surface area contributed by atoms with E-state index in [1.165, 1.54) is 12.8 Å². The Morgan fingerprint density at radius 2 is 2.38 bits per heavy atom. The quantitative estimate of drug-likeness (QED) is 0.749. The van der Waals surface area contributed by atoms with Crippen LogP contribution < -0.4 is 11.1 Å². The number of primary amides is 1. The maximum absolute atomic E-state index is 11.3. The highest BCUT2D eigenvalue weighted by atomic mass is 16.5. The van der Waals surface area contributed by atoms with Crippen LogP contribution in [-0.2, 0) is 11.3 Å². The van der Waals surface area contributed by atoms with E-state index in [2.05, 4.69) is 10.2 Å². The van der Waals surface area contributed by atoms with Crippen LogP contribution in [0.25, 0.3) is 0 Å². The normalized spacial score (nSPS) is 18.3. The Morgan fingerprint density at radius 1 is 1.52 bits per heavy atom. The molecule has 5 nitrogen and oxygen atoms in total. The summed E-state index contributed by atoms with van der Waals surface area (Å²) in [7, 11) is 1.72. The molecule has 1 aliphatic rings. The first-order chi connectivity index (χ1) is 10.2. The molecular formula is C16H25N3O2.